The maximum Gasteiger partial charge on any atom is 0.227 e. The molecule has 2 heterocycles. The molecule has 2 fully saturated rings. The molecule has 2 aliphatic heterocycles. The number of nitrogens with two attached hydrogens (primary N) is 1. The number of amides is 3. The van der Waals surface area contributed by atoms with Crippen molar-refractivity contribution in [1.29, 1.82) is 0 Å². The smallest absolute Gasteiger partial charge is 0.227 e. The number of rotatable bonds is 6. The number of nitrogens with zero attached hydrogens (tertiary/aromatic N) is 2. The van der Waals surface area contributed by atoms with E-state index in [-0.39, 0.29) is 29.6 Å². The van der Waals surface area contributed by atoms with E-state index in [1.165, 1.54) is 0 Å². The van der Waals surface area contributed by atoms with Crippen LogP contribution in [0.15, 0.2) is 0 Å². The molecule has 0 aliphatic carbocycles. The third-order valence-corrected chi connectivity index (χ3v) is 5.13. The summed E-state index contributed by atoms with van der Waals surface area (Å²) in [5, 5.41) is 2.82. The lowest BCUT2D eigenvalue weighted by Crippen LogP contribution is -2.51. The van der Waals surface area contributed by atoms with Gasteiger partial charge in [-0.2, -0.15) is 0 Å². The topological polar surface area (TPSA) is 95.7 Å². The number of hydrogen-bond donors (Lipinski definition) is 2. The Kier molecular flexibility index (Phi) is 7.68. The van der Waals surface area contributed by atoms with E-state index >= 15 is 0 Å². The van der Waals surface area contributed by atoms with Gasteiger partial charge in [0.1, 0.15) is 0 Å². The summed E-state index contributed by atoms with van der Waals surface area (Å²) in [6.45, 7) is 5.36. The van der Waals surface area contributed by atoms with E-state index in [1.54, 1.807) is 0 Å². The van der Waals surface area contributed by atoms with E-state index in [0.717, 1.165) is 38.6 Å². The molecule has 25 heavy (non-hydrogen) atoms. The lowest BCUT2D eigenvalue weighted by atomic mass is 9.92. The molecule has 142 valence electrons. The van der Waals surface area contributed by atoms with Gasteiger partial charge in [-0.05, 0) is 32.1 Å². The van der Waals surface area contributed by atoms with Crippen molar-refractivity contribution in [2.75, 3.05) is 39.3 Å². The summed E-state index contributed by atoms with van der Waals surface area (Å²) in [6.07, 6.45) is 4.74. The summed E-state index contributed by atoms with van der Waals surface area (Å²) in [5.74, 6) is -0.0274. The number of hydrogen-bond acceptors (Lipinski definition) is 4. The first-order chi connectivity index (χ1) is 12.1. The Morgan fingerprint density at radius 2 is 1.68 bits per heavy atom. The van der Waals surface area contributed by atoms with Crippen molar-refractivity contribution in [3.05, 3.63) is 0 Å². The lowest BCUT2D eigenvalue weighted by Gasteiger charge is -2.38. The second-order valence-electron chi connectivity index (χ2n) is 7.13. The van der Waals surface area contributed by atoms with Crippen LogP contribution in [0.25, 0.3) is 0 Å². The van der Waals surface area contributed by atoms with Crippen LogP contribution in [-0.4, -0.2) is 66.8 Å². The Hall–Kier alpha value is -1.63. The first kappa shape index (κ1) is 19.7. The van der Waals surface area contributed by atoms with Crippen molar-refractivity contribution < 1.29 is 14.4 Å². The minimum atomic E-state index is -0.148. The Labute approximate surface area is 150 Å². The molecule has 7 nitrogen and oxygen atoms in total. The van der Waals surface area contributed by atoms with Gasteiger partial charge >= 0.3 is 0 Å². The van der Waals surface area contributed by atoms with E-state index in [1.807, 2.05) is 16.7 Å². The predicted octanol–water partition coefficient (Wildman–Crippen LogP) is 0.339. The van der Waals surface area contributed by atoms with E-state index in [9.17, 15) is 14.4 Å². The van der Waals surface area contributed by atoms with Crippen molar-refractivity contribution in [1.82, 2.24) is 15.1 Å². The van der Waals surface area contributed by atoms with E-state index in [4.69, 9.17) is 5.73 Å². The van der Waals surface area contributed by atoms with Gasteiger partial charge in [0.25, 0.3) is 0 Å². The predicted molar refractivity (Wildman–Crippen MR) is 95.6 cm³/mol. The molecule has 0 radical (unpaired) electrons. The number of nitrogens with one attached hydrogen (secondary N) is 1. The highest BCUT2D eigenvalue weighted by molar-refractivity contribution is 5.83. The normalized spacial score (nSPS) is 24.1. The second kappa shape index (κ2) is 9.75. The standard InChI is InChI=1S/C18H32N4O3/c1-2-5-16(23)21-10-4-7-15(13-21)18(25)22-11-3-6-14(12-22)17(24)20-9-8-19/h14-15H,2-13,19H2,1H3,(H,20,24). The first-order valence-electron chi connectivity index (χ1n) is 9.61. The molecule has 2 atom stereocenters. The van der Waals surface area contributed by atoms with E-state index < -0.39 is 0 Å². The van der Waals surface area contributed by atoms with Crippen molar-refractivity contribution in [2.24, 2.45) is 17.6 Å². The van der Waals surface area contributed by atoms with Crippen molar-refractivity contribution >= 4 is 17.7 Å². The molecule has 0 spiro atoms. The number of carbonyl (C=O) groups is 3. The van der Waals surface area contributed by atoms with Crippen molar-refractivity contribution in [3.63, 3.8) is 0 Å². The van der Waals surface area contributed by atoms with Crippen LogP contribution in [0.3, 0.4) is 0 Å². The number of likely N-dealkylation sites (tertiary alicyclic amines) is 2. The minimum absolute atomic E-state index is 0.00801. The molecule has 0 saturated carbocycles. The zero-order valence-electron chi connectivity index (χ0n) is 15.3. The molecule has 0 aromatic rings. The average molecular weight is 352 g/mol. The van der Waals surface area contributed by atoms with Gasteiger partial charge in [0.05, 0.1) is 11.8 Å². The Morgan fingerprint density at radius 3 is 2.36 bits per heavy atom. The van der Waals surface area contributed by atoms with Crippen LogP contribution in [0, 0.1) is 11.8 Å². The van der Waals surface area contributed by atoms with Crippen LogP contribution >= 0.6 is 0 Å². The van der Waals surface area contributed by atoms with E-state index in [2.05, 4.69) is 5.32 Å². The quantitative estimate of drug-likeness (QED) is 0.720. The van der Waals surface area contributed by atoms with Gasteiger partial charge in [-0.25, -0.2) is 0 Å². The summed E-state index contributed by atoms with van der Waals surface area (Å²) in [7, 11) is 0. The highest BCUT2D eigenvalue weighted by Gasteiger charge is 2.34. The summed E-state index contributed by atoms with van der Waals surface area (Å²) in [5.41, 5.74) is 5.43. The third kappa shape index (κ3) is 5.42. The van der Waals surface area contributed by atoms with E-state index in [0.29, 0.717) is 39.1 Å². The van der Waals surface area contributed by atoms with Crippen LogP contribution in [0.5, 0.6) is 0 Å². The molecule has 2 unspecified atom stereocenters. The van der Waals surface area contributed by atoms with Crippen LogP contribution in [0.2, 0.25) is 0 Å². The molecule has 0 bridgehead atoms. The third-order valence-electron chi connectivity index (χ3n) is 5.13. The van der Waals surface area contributed by atoms with Gasteiger partial charge in [-0.15, -0.1) is 0 Å². The molecule has 2 rings (SSSR count). The zero-order valence-corrected chi connectivity index (χ0v) is 15.3. The molecule has 3 N–H and O–H groups in total. The molecule has 7 heteroatoms. The maximum absolute atomic E-state index is 12.9. The van der Waals surface area contributed by atoms with Gasteiger partial charge in [-0.3, -0.25) is 14.4 Å². The highest BCUT2D eigenvalue weighted by atomic mass is 16.2. The first-order valence-corrected chi connectivity index (χ1v) is 9.61. The average Bonchev–Trinajstić information content (AvgIpc) is 2.66. The Morgan fingerprint density at radius 1 is 1.04 bits per heavy atom. The summed E-state index contributed by atoms with van der Waals surface area (Å²) in [6, 6.07) is 0. The fraction of sp³-hybridized carbons (Fsp3) is 0.833. The number of carbonyl (C=O) groups excluding carboxylic acids is 3. The Balaban J connectivity index is 1.90. The SMILES string of the molecule is CCCC(=O)N1CCCC(C(=O)N2CCCC(C(=O)NCCN)C2)C1. The van der Waals surface area contributed by atoms with Crippen LogP contribution < -0.4 is 11.1 Å². The lowest BCUT2D eigenvalue weighted by molar-refractivity contribution is -0.143. The highest BCUT2D eigenvalue weighted by Crippen LogP contribution is 2.23. The summed E-state index contributed by atoms with van der Waals surface area (Å²) < 4.78 is 0. The minimum Gasteiger partial charge on any atom is -0.355 e. The molecule has 0 aromatic carbocycles. The molecule has 2 aliphatic rings. The summed E-state index contributed by atoms with van der Waals surface area (Å²) in [4.78, 5) is 40.8. The monoisotopic (exact) mass is 352 g/mol. The largest absolute Gasteiger partial charge is 0.355 e. The Bertz CT molecular complexity index is 483. The van der Waals surface area contributed by atoms with Crippen LogP contribution in [0.4, 0.5) is 0 Å². The molecule has 2 saturated heterocycles. The molecular weight excluding hydrogens is 320 g/mol. The van der Waals surface area contributed by atoms with Crippen LogP contribution in [-0.2, 0) is 14.4 Å². The fourth-order valence-electron chi connectivity index (χ4n) is 3.77. The van der Waals surface area contributed by atoms with Crippen LogP contribution in [0.1, 0.15) is 45.4 Å². The molecular formula is C18H32N4O3. The fourth-order valence-corrected chi connectivity index (χ4v) is 3.77. The van der Waals surface area contributed by atoms with Gasteiger partial charge in [0, 0.05) is 45.7 Å². The maximum atomic E-state index is 12.9. The van der Waals surface area contributed by atoms with Gasteiger partial charge in [0.2, 0.25) is 17.7 Å². The summed E-state index contributed by atoms with van der Waals surface area (Å²) >= 11 is 0. The van der Waals surface area contributed by atoms with Crippen molar-refractivity contribution in [3.8, 4) is 0 Å². The van der Waals surface area contributed by atoms with Gasteiger partial charge in [0.15, 0.2) is 0 Å². The molecule has 0 aromatic heterocycles. The second-order valence-corrected chi connectivity index (χ2v) is 7.13. The van der Waals surface area contributed by atoms with Crippen molar-refractivity contribution in [2.45, 2.75) is 45.4 Å². The molecule has 3 amide bonds. The van der Waals surface area contributed by atoms with Gasteiger partial charge < -0.3 is 20.9 Å². The van der Waals surface area contributed by atoms with Gasteiger partial charge in [-0.1, -0.05) is 6.92 Å². The zero-order chi connectivity index (χ0) is 18.2. The number of piperidine rings is 2.